The highest BCUT2D eigenvalue weighted by molar-refractivity contribution is 5.95. The summed E-state index contributed by atoms with van der Waals surface area (Å²) in [6.07, 6.45) is 0.763. The van der Waals surface area contributed by atoms with Gasteiger partial charge in [0.05, 0.1) is 18.1 Å². The van der Waals surface area contributed by atoms with Crippen LogP contribution in [0.4, 0.5) is 4.39 Å². The number of hydrogen-bond acceptors (Lipinski definition) is 3. The van der Waals surface area contributed by atoms with Gasteiger partial charge >= 0.3 is 5.63 Å². The minimum Gasteiger partial charge on any atom is -0.468 e. The molecule has 4 heteroatoms. The van der Waals surface area contributed by atoms with Crippen LogP contribution in [-0.4, -0.2) is 7.11 Å². The lowest BCUT2D eigenvalue weighted by molar-refractivity contribution is 0.287. The molecule has 1 aromatic carbocycles. The molecule has 0 radical (unpaired) electrons. The first kappa shape index (κ1) is 14.3. The number of benzene rings is 1. The van der Waals surface area contributed by atoms with Gasteiger partial charge in [0, 0.05) is 5.39 Å². The monoisotopic (exact) mass is 276 g/mol. The molecule has 1 heterocycles. The van der Waals surface area contributed by atoms with Crippen LogP contribution in [0.2, 0.25) is 0 Å². The summed E-state index contributed by atoms with van der Waals surface area (Å²) in [5.41, 5.74) is 2.27. The van der Waals surface area contributed by atoms with Gasteiger partial charge in [-0.05, 0) is 38.0 Å². The van der Waals surface area contributed by atoms with Crippen LogP contribution in [0.3, 0.4) is 0 Å². The zero-order valence-corrected chi connectivity index (χ0v) is 12.0. The summed E-state index contributed by atoms with van der Waals surface area (Å²) in [5, 5.41) is 0.880. The lowest BCUT2D eigenvalue weighted by atomic mass is 9.96. The van der Waals surface area contributed by atoms with Gasteiger partial charge in [-0.2, -0.15) is 0 Å². The minimum atomic E-state index is -0.593. The van der Waals surface area contributed by atoms with Crippen molar-refractivity contribution in [3.8, 4) is 5.95 Å². The number of halogens is 1. The van der Waals surface area contributed by atoms with E-state index in [4.69, 9.17) is 9.15 Å². The maximum atomic E-state index is 13.3. The van der Waals surface area contributed by atoms with Crippen molar-refractivity contribution in [2.75, 3.05) is 7.11 Å². The predicted molar refractivity (Wildman–Crippen MR) is 77.6 cm³/mol. The molecule has 20 heavy (non-hydrogen) atoms. The zero-order chi connectivity index (χ0) is 14.9. The molecule has 0 aliphatic heterocycles. The second kappa shape index (κ2) is 5.49. The van der Waals surface area contributed by atoms with Gasteiger partial charge in [-0.15, -0.1) is 0 Å². The number of allylic oxidation sites excluding steroid dienone is 2. The van der Waals surface area contributed by atoms with Crippen LogP contribution < -0.4 is 10.4 Å². The molecule has 0 amide bonds. The van der Waals surface area contributed by atoms with E-state index in [2.05, 4.69) is 0 Å². The molecule has 0 bridgehead atoms. The van der Waals surface area contributed by atoms with E-state index >= 15 is 0 Å². The zero-order valence-electron chi connectivity index (χ0n) is 12.0. The van der Waals surface area contributed by atoms with Crippen LogP contribution >= 0.6 is 0 Å². The molecule has 0 saturated heterocycles. The summed E-state index contributed by atoms with van der Waals surface area (Å²) >= 11 is 0. The molecular formula is C16H17FO3. The van der Waals surface area contributed by atoms with Gasteiger partial charge in [0.1, 0.15) is 5.82 Å². The van der Waals surface area contributed by atoms with Gasteiger partial charge in [0.15, 0.2) is 0 Å². The molecule has 2 aromatic rings. The van der Waals surface area contributed by atoms with Crippen molar-refractivity contribution in [3.63, 3.8) is 0 Å². The van der Waals surface area contributed by atoms with Crippen molar-refractivity contribution in [1.82, 2.24) is 0 Å². The largest absolute Gasteiger partial charge is 0.468 e. The average molecular weight is 276 g/mol. The smallest absolute Gasteiger partial charge is 0.346 e. The number of fused-ring (bicyclic) bond motifs is 1. The van der Waals surface area contributed by atoms with E-state index < -0.39 is 11.4 Å². The van der Waals surface area contributed by atoms with Crippen LogP contribution in [-0.2, 0) is 0 Å². The molecule has 0 aliphatic rings. The van der Waals surface area contributed by atoms with Crippen molar-refractivity contribution in [1.29, 1.82) is 0 Å². The molecule has 0 aliphatic carbocycles. The fourth-order valence-corrected chi connectivity index (χ4v) is 2.41. The third-order valence-electron chi connectivity index (χ3n) is 3.30. The first-order valence-corrected chi connectivity index (χ1v) is 6.46. The molecule has 0 fully saturated rings. The van der Waals surface area contributed by atoms with E-state index in [0.717, 1.165) is 23.1 Å². The van der Waals surface area contributed by atoms with E-state index in [-0.39, 0.29) is 11.3 Å². The molecule has 106 valence electrons. The van der Waals surface area contributed by atoms with Crippen LogP contribution in [0.25, 0.3) is 16.3 Å². The van der Waals surface area contributed by atoms with Gasteiger partial charge in [-0.3, -0.25) is 0 Å². The van der Waals surface area contributed by atoms with Crippen LogP contribution in [0.5, 0.6) is 5.95 Å². The molecule has 0 spiro atoms. The number of rotatable bonds is 3. The Balaban J connectivity index is 2.98. The van der Waals surface area contributed by atoms with Gasteiger partial charge in [-0.1, -0.05) is 18.6 Å². The van der Waals surface area contributed by atoms with Crippen molar-refractivity contribution in [2.45, 2.75) is 27.2 Å². The number of methoxy groups -OCH3 is 1. The first-order valence-electron chi connectivity index (χ1n) is 6.46. The fraction of sp³-hybridized carbons (Fsp3) is 0.312. The maximum absolute atomic E-state index is 13.3. The first-order chi connectivity index (χ1) is 9.49. The Kier molecular flexibility index (Phi) is 3.93. The van der Waals surface area contributed by atoms with Gasteiger partial charge in [0.2, 0.25) is 0 Å². The molecule has 0 saturated carbocycles. The second-order valence-electron chi connectivity index (χ2n) is 4.78. The maximum Gasteiger partial charge on any atom is 0.346 e. The normalized spacial score (nSPS) is 10.7. The highest BCUT2D eigenvalue weighted by atomic mass is 19.1. The van der Waals surface area contributed by atoms with Gasteiger partial charge in [-0.25, -0.2) is 9.18 Å². The quantitative estimate of drug-likeness (QED) is 0.845. The van der Waals surface area contributed by atoms with Crippen molar-refractivity contribution >= 4 is 16.3 Å². The molecule has 0 N–H and O–H groups in total. The average Bonchev–Trinajstić information content (AvgIpc) is 2.41. The Labute approximate surface area is 116 Å². The van der Waals surface area contributed by atoms with E-state index in [1.165, 1.54) is 19.2 Å². The number of ether oxygens (including phenoxy) is 1. The SMILES string of the molecule is CCC(=C(C)C)c1c(OC)oc(=O)c2cc(F)ccc12. The summed E-state index contributed by atoms with van der Waals surface area (Å²) < 4.78 is 23.7. The molecular weight excluding hydrogens is 259 g/mol. The Morgan fingerprint density at radius 1 is 1.30 bits per heavy atom. The molecule has 3 nitrogen and oxygen atoms in total. The van der Waals surface area contributed by atoms with Crippen LogP contribution in [0, 0.1) is 5.82 Å². The van der Waals surface area contributed by atoms with Crippen LogP contribution in [0.15, 0.2) is 33.0 Å². The minimum absolute atomic E-state index is 0.173. The lowest BCUT2D eigenvalue weighted by Crippen LogP contribution is -2.05. The predicted octanol–water partition coefficient (Wildman–Crippen LogP) is 4.14. The lowest BCUT2D eigenvalue weighted by Gasteiger charge is -2.14. The Morgan fingerprint density at radius 3 is 2.55 bits per heavy atom. The summed E-state index contributed by atoms with van der Waals surface area (Å²) in [5.74, 6) is -0.289. The standard InChI is InChI=1S/C16H17FO3/c1-5-11(9(2)3)14-12-7-6-10(17)8-13(12)15(18)20-16(14)19-4/h6-8H,5H2,1-4H3. The second-order valence-corrected chi connectivity index (χ2v) is 4.78. The fourth-order valence-electron chi connectivity index (χ4n) is 2.41. The van der Waals surface area contributed by atoms with Crippen molar-refractivity contribution < 1.29 is 13.5 Å². The highest BCUT2D eigenvalue weighted by Crippen LogP contribution is 2.35. The molecule has 0 atom stereocenters. The van der Waals surface area contributed by atoms with Gasteiger partial charge < -0.3 is 9.15 Å². The van der Waals surface area contributed by atoms with E-state index in [1.807, 2.05) is 20.8 Å². The number of hydrogen-bond donors (Lipinski definition) is 0. The summed E-state index contributed by atoms with van der Waals surface area (Å²) in [6, 6.07) is 4.13. The highest BCUT2D eigenvalue weighted by Gasteiger charge is 2.18. The molecule has 2 rings (SSSR count). The topological polar surface area (TPSA) is 39.4 Å². The van der Waals surface area contributed by atoms with E-state index in [1.54, 1.807) is 6.07 Å². The Bertz CT molecular complexity index is 737. The van der Waals surface area contributed by atoms with E-state index in [9.17, 15) is 9.18 Å². The van der Waals surface area contributed by atoms with E-state index in [0.29, 0.717) is 5.39 Å². The van der Waals surface area contributed by atoms with Crippen molar-refractivity contribution in [2.24, 2.45) is 0 Å². The summed E-state index contributed by atoms with van der Waals surface area (Å²) in [4.78, 5) is 11.9. The van der Waals surface area contributed by atoms with Crippen molar-refractivity contribution in [3.05, 3.63) is 45.6 Å². The molecule has 0 unspecified atom stereocenters. The Morgan fingerprint density at radius 2 is 2.00 bits per heavy atom. The molecule has 1 aromatic heterocycles. The summed E-state index contributed by atoms with van der Waals surface area (Å²) in [7, 11) is 1.45. The third kappa shape index (κ3) is 2.33. The third-order valence-corrected chi connectivity index (χ3v) is 3.30. The van der Waals surface area contributed by atoms with Gasteiger partial charge in [0.25, 0.3) is 5.95 Å². The summed E-state index contributed by atoms with van der Waals surface area (Å²) in [6.45, 7) is 5.99. The Hall–Kier alpha value is -2.10. The van der Waals surface area contributed by atoms with Crippen LogP contribution in [0.1, 0.15) is 32.8 Å².